The number of non-ortho nitro benzene ring substituents is 1. The van der Waals surface area contributed by atoms with Gasteiger partial charge in [0.2, 0.25) is 0 Å². The summed E-state index contributed by atoms with van der Waals surface area (Å²) in [5.41, 5.74) is 0.690. The first-order valence-electron chi connectivity index (χ1n) is 8.61. The normalized spacial score (nSPS) is 12.7. The van der Waals surface area contributed by atoms with Crippen LogP contribution in [0.5, 0.6) is 0 Å². The minimum Gasteiger partial charge on any atom is -0.338 e. The summed E-state index contributed by atoms with van der Waals surface area (Å²) in [6.45, 7) is 0.374. The number of anilines is 1. The molecule has 1 aliphatic heterocycles. The van der Waals surface area contributed by atoms with Gasteiger partial charge in [-0.25, -0.2) is 4.79 Å². The van der Waals surface area contributed by atoms with Crippen LogP contribution in [0.1, 0.15) is 27.1 Å². The number of urea groups is 1. The molecule has 1 aliphatic rings. The summed E-state index contributed by atoms with van der Waals surface area (Å²) in [5.74, 6) is -1.04. The number of benzene rings is 2. The lowest BCUT2D eigenvalue weighted by Gasteiger charge is -2.19. The Labute approximate surface area is 160 Å². The second-order valence-corrected chi connectivity index (χ2v) is 6.23. The summed E-state index contributed by atoms with van der Waals surface area (Å²) in [4.78, 5) is 49.6. The van der Waals surface area contributed by atoms with Crippen molar-refractivity contribution in [2.45, 2.75) is 6.42 Å². The summed E-state index contributed by atoms with van der Waals surface area (Å²) in [6, 6.07) is 12.4. The number of nitro benzene ring substituents is 1. The van der Waals surface area contributed by atoms with E-state index in [1.54, 1.807) is 19.2 Å². The van der Waals surface area contributed by atoms with Crippen LogP contribution in [-0.2, 0) is 0 Å². The monoisotopic (exact) mass is 382 g/mol. The number of nitrogens with zero attached hydrogens (tertiary/aromatic N) is 3. The van der Waals surface area contributed by atoms with Crippen molar-refractivity contribution in [3.05, 3.63) is 69.8 Å². The fraction of sp³-hybridized carbons (Fsp3) is 0.211. The maximum Gasteiger partial charge on any atom is 0.321 e. The first-order valence-corrected chi connectivity index (χ1v) is 8.61. The van der Waals surface area contributed by atoms with Gasteiger partial charge >= 0.3 is 6.03 Å². The van der Waals surface area contributed by atoms with E-state index in [-0.39, 0.29) is 35.9 Å². The van der Waals surface area contributed by atoms with Crippen molar-refractivity contribution in [1.82, 2.24) is 10.2 Å². The van der Waals surface area contributed by atoms with Crippen LogP contribution in [0.4, 0.5) is 16.2 Å². The number of hydrogen-bond donors (Lipinski definition) is 1. The number of nitro groups is 1. The van der Waals surface area contributed by atoms with Crippen LogP contribution in [0.2, 0.25) is 0 Å². The van der Waals surface area contributed by atoms with Gasteiger partial charge in [-0.05, 0) is 24.6 Å². The van der Waals surface area contributed by atoms with Crippen LogP contribution >= 0.6 is 0 Å². The molecule has 0 fully saturated rings. The van der Waals surface area contributed by atoms with Crippen molar-refractivity contribution in [2.75, 3.05) is 25.0 Å². The van der Waals surface area contributed by atoms with Gasteiger partial charge in [0, 0.05) is 38.0 Å². The van der Waals surface area contributed by atoms with Crippen molar-refractivity contribution in [3.8, 4) is 0 Å². The predicted octanol–water partition coefficient (Wildman–Crippen LogP) is 2.43. The molecule has 3 rings (SSSR count). The van der Waals surface area contributed by atoms with Gasteiger partial charge in [-0.2, -0.15) is 0 Å². The molecular formula is C19H18N4O5. The molecule has 0 aliphatic carbocycles. The summed E-state index contributed by atoms with van der Waals surface area (Å²) in [7, 11) is 1.64. The van der Waals surface area contributed by atoms with Crippen LogP contribution in [0, 0.1) is 10.1 Å². The van der Waals surface area contributed by atoms with Gasteiger partial charge in [0.15, 0.2) is 0 Å². The van der Waals surface area contributed by atoms with Gasteiger partial charge in [-0.3, -0.25) is 29.5 Å². The first-order chi connectivity index (χ1) is 13.4. The SMILES string of the molecule is CN(C(=O)NCCCN1C(=O)c2ccc([N+](=O)[O-])cc2C1=O)c1ccccc1. The first kappa shape index (κ1) is 19.0. The number of amides is 4. The Morgan fingerprint density at radius 2 is 1.79 bits per heavy atom. The number of fused-ring (bicyclic) bond motifs is 1. The Bertz CT molecular complexity index is 945. The van der Waals surface area contributed by atoms with E-state index in [4.69, 9.17) is 0 Å². The van der Waals surface area contributed by atoms with Crippen molar-refractivity contribution in [1.29, 1.82) is 0 Å². The molecule has 9 nitrogen and oxygen atoms in total. The third-order valence-corrected chi connectivity index (χ3v) is 4.45. The average Bonchev–Trinajstić information content (AvgIpc) is 2.95. The molecule has 2 aromatic carbocycles. The average molecular weight is 382 g/mol. The van der Waals surface area contributed by atoms with Crippen LogP contribution in [0.15, 0.2) is 48.5 Å². The highest BCUT2D eigenvalue weighted by Gasteiger charge is 2.36. The van der Waals surface area contributed by atoms with E-state index in [1.165, 1.54) is 17.0 Å². The molecule has 28 heavy (non-hydrogen) atoms. The van der Waals surface area contributed by atoms with E-state index in [2.05, 4.69) is 5.32 Å². The number of nitrogens with one attached hydrogen (secondary N) is 1. The molecule has 1 N–H and O–H groups in total. The molecule has 2 aromatic rings. The van der Waals surface area contributed by atoms with Gasteiger partial charge in [0.25, 0.3) is 17.5 Å². The Kier molecular flexibility index (Phi) is 5.35. The highest BCUT2D eigenvalue weighted by Crippen LogP contribution is 2.26. The second-order valence-electron chi connectivity index (χ2n) is 6.23. The lowest BCUT2D eigenvalue weighted by atomic mass is 10.1. The number of carbonyl (C=O) groups excluding carboxylic acids is 3. The maximum absolute atomic E-state index is 12.4. The summed E-state index contributed by atoms with van der Waals surface area (Å²) in [6.07, 6.45) is 0.363. The molecule has 0 saturated carbocycles. The smallest absolute Gasteiger partial charge is 0.321 e. The molecule has 9 heteroatoms. The topological polar surface area (TPSA) is 113 Å². The van der Waals surface area contributed by atoms with Crippen LogP contribution in [-0.4, -0.2) is 47.8 Å². The van der Waals surface area contributed by atoms with E-state index in [9.17, 15) is 24.5 Å². The molecule has 0 atom stereocenters. The predicted molar refractivity (Wildman–Crippen MR) is 101 cm³/mol. The summed E-state index contributed by atoms with van der Waals surface area (Å²) in [5, 5.41) is 13.6. The molecule has 4 amide bonds. The quantitative estimate of drug-likeness (QED) is 0.357. The largest absolute Gasteiger partial charge is 0.338 e. The molecule has 144 valence electrons. The van der Waals surface area contributed by atoms with Crippen molar-refractivity contribution in [3.63, 3.8) is 0 Å². The third-order valence-electron chi connectivity index (χ3n) is 4.45. The zero-order valence-electron chi connectivity index (χ0n) is 15.1. The molecule has 1 heterocycles. The minimum atomic E-state index is -0.612. The molecule has 0 aromatic heterocycles. The molecule has 0 unspecified atom stereocenters. The van der Waals surface area contributed by atoms with E-state index in [1.807, 2.05) is 18.2 Å². The Hall–Kier alpha value is -3.75. The fourth-order valence-corrected chi connectivity index (χ4v) is 2.92. The number of para-hydroxylation sites is 1. The Morgan fingerprint density at radius 1 is 1.11 bits per heavy atom. The molecule has 0 radical (unpaired) electrons. The van der Waals surface area contributed by atoms with E-state index >= 15 is 0 Å². The van der Waals surface area contributed by atoms with Crippen LogP contribution in [0.25, 0.3) is 0 Å². The zero-order chi connectivity index (χ0) is 20.3. The van der Waals surface area contributed by atoms with Gasteiger partial charge < -0.3 is 5.32 Å². The number of hydrogen-bond acceptors (Lipinski definition) is 5. The van der Waals surface area contributed by atoms with E-state index < -0.39 is 16.7 Å². The number of imide groups is 1. The lowest BCUT2D eigenvalue weighted by molar-refractivity contribution is -0.384. The van der Waals surface area contributed by atoms with Crippen molar-refractivity contribution >= 4 is 29.2 Å². The summed E-state index contributed by atoms with van der Waals surface area (Å²) >= 11 is 0. The molecular weight excluding hydrogens is 364 g/mol. The number of rotatable bonds is 6. The highest BCUT2D eigenvalue weighted by atomic mass is 16.6. The fourth-order valence-electron chi connectivity index (χ4n) is 2.92. The van der Waals surface area contributed by atoms with Gasteiger partial charge in [-0.1, -0.05) is 18.2 Å². The zero-order valence-corrected chi connectivity index (χ0v) is 15.1. The summed E-state index contributed by atoms with van der Waals surface area (Å²) < 4.78 is 0. The Morgan fingerprint density at radius 3 is 2.46 bits per heavy atom. The van der Waals surface area contributed by atoms with Crippen LogP contribution in [0.3, 0.4) is 0 Å². The molecule has 0 saturated heterocycles. The third kappa shape index (κ3) is 3.68. The van der Waals surface area contributed by atoms with Gasteiger partial charge in [0.05, 0.1) is 16.1 Å². The van der Waals surface area contributed by atoms with Crippen molar-refractivity contribution < 1.29 is 19.3 Å². The lowest BCUT2D eigenvalue weighted by Crippen LogP contribution is -2.39. The Balaban J connectivity index is 1.54. The maximum atomic E-state index is 12.4. The van der Waals surface area contributed by atoms with E-state index in [0.717, 1.165) is 16.7 Å². The van der Waals surface area contributed by atoms with Crippen LogP contribution < -0.4 is 10.2 Å². The van der Waals surface area contributed by atoms with Gasteiger partial charge in [-0.15, -0.1) is 0 Å². The molecule has 0 bridgehead atoms. The number of carbonyl (C=O) groups is 3. The standard InChI is InChI=1S/C19H18N4O5/c1-21(13-6-3-2-4-7-13)19(26)20-10-5-11-22-17(24)15-9-8-14(23(27)28)12-16(15)18(22)25/h2-4,6-9,12H,5,10-11H2,1H3,(H,20,26). The van der Waals surface area contributed by atoms with Crippen molar-refractivity contribution in [2.24, 2.45) is 0 Å². The second kappa shape index (κ2) is 7.87. The molecule has 0 spiro atoms. The van der Waals surface area contributed by atoms with Gasteiger partial charge in [0.1, 0.15) is 0 Å². The highest BCUT2D eigenvalue weighted by molar-refractivity contribution is 6.21. The van der Waals surface area contributed by atoms with E-state index in [0.29, 0.717) is 6.42 Å². The minimum absolute atomic E-state index is 0.0343.